The lowest BCUT2D eigenvalue weighted by atomic mass is 9.73. The Morgan fingerprint density at radius 3 is 2.54 bits per heavy atom. The van der Waals surface area contributed by atoms with Gasteiger partial charge in [-0.15, -0.1) is 0 Å². The highest BCUT2D eigenvalue weighted by Gasteiger charge is 2.41. The van der Waals surface area contributed by atoms with E-state index in [-0.39, 0.29) is 5.92 Å². The van der Waals surface area contributed by atoms with Crippen LogP contribution in [0.1, 0.15) is 62.3 Å². The Kier molecular flexibility index (Phi) is 5.45. The minimum absolute atomic E-state index is 0.277. The normalized spacial score (nSPS) is 17.5. The van der Waals surface area contributed by atoms with Crippen LogP contribution in [0.25, 0.3) is 11.0 Å². The topological polar surface area (TPSA) is 42.6 Å². The van der Waals surface area contributed by atoms with Crippen LogP contribution in [0, 0.1) is 12.8 Å². The number of fused-ring (bicyclic) bond motifs is 1. The van der Waals surface area contributed by atoms with Crippen molar-refractivity contribution >= 4 is 11.0 Å². The molecule has 1 aliphatic carbocycles. The molecule has 1 saturated carbocycles. The lowest BCUT2D eigenvalue weighted by Crippen LogP contribution is -2.36. The molecular formula is C25H30O3. The fourth-order valence-electron chi connectivity index (χ4n) is 4.66. The van der Waals surface area contributed by atoms with Gasteiger partial charge in [0.05, 0.1) is 0 Å². The highest BCUT2D eigenvalue weighted by atomic mass is 16.5. The van der Waals surface area contributed by atoms with Gasteiger partial charge in [0, 0.05) is 10.9 Å². The fourth-order valence-corrected chi connectivity index (χ4v) is 4.66. The summed E-state index contributed by atoms with van der Waals surface area (Å²) in [6, 6.07) is 16.1. The maximum atomic E-state index is 11.6. The fraction of sp³-hybridized carbons (Fsp3) is 0.440. The molecular weight excluding hydrogens is 348 g/mol. The van der Waals surface area contributed by atoms with E-state index < -0.39 is 5.60 Å². The third-order valence-corrected chi connectivity index (χ3v) is 6.37. The summed E-state index contributed by atoms with van der Waals surface area (Å²) in [7, 11) is 0. The zero-order valence-corrected chi connectivity index (χ0v) is 16.9. The van der Waals surface area contributed by atoms with E-state index in [1.54, 1.807) is 0 Å². The summed E-state index contributed by atoms with van der Waals surface area (Å²) in [5, 5.41) is 12.6. The summed E-state index contributed by atoms with van der Waals surface area (Å²) in [5.74, 6) is 1.85. The average Bonchev–Trinajstić information content (AvgIpc) is 3.09. The van der Waals surface area contributed by atoms with Gasteiger partial charge in [-0.3, -0.25) is 0 Å². The molecule has 0 bridgehead atoms. The Morgan fingerprint density at radius 1 is 1.07 bits per heavy atom. The monoisotopic (exact) mass is 378 g/mol. The molecule has 1 N–H and O–H groups in total. The highest BCUT2D eigenvalue weighted by molar-refractivity contribution is 5.83. The number of benzene rings is 2. The van der Waals surface area contributed by atoms with E-state index in [1.165, 1.54) is 19.3 Å². The van der Waals surface area contributed by atoms with Crippen molar-refractivity contribution in [2.24, 2.45) is 5.92 Å². The lowest BCUT2D eigenvalue weighted by Gasteiger charge is -2.36. The molecule has 1 unspecified atom stereocenters. The molecule has 3 nitrogen and oxygen atoms in total. The van der Waals surface area contributed by atoms with Crippen LogP contribution in [-0.2, 0) is 12.2 Å². The predicted octanol–water partition coefficient (Wildman–Crippen LogP) is 6.50. The number of ether oxygens (including phenoxy) is 1. The van der Waals surface area contributed by atoms with E-state index in [0.717, 1.165) is 46.4 Å². The van der Waals surface area contributed by atoms with Crippen LogP contribution < -0.4 is 4.74 Å². The largest absolute Gasteiger partial charge is 0.489 e. The molecule has 0 aliphatic heterocycles. The summed E-state index contributed by atoms with van der Waals surface area (Å²) >= 11 is 0. The first-order valence-corrected chi connectivity index (χ1v) is 10.5. The summed E-state index contributed by atoms with van der Waals surface area (Å²) in [5.41, 5.74) is 2.12. The summed E-state index contributed by atoms with van der Waals surface area (Å²) in [6.07, 6.45) is 6.50. The van der Waals surface area contributed by atoms with Crippen molar-refractivity contribution in [3.8, 4) is 5.75 Å². The number of aliphatic hydroxyl groups is 1. The molecule has 4 rings (SSSR count). The van der Waals surface area contributed by atoms with Crippen molar-refractivity contribution in [1.29, 1.82) is 0 Å². The molecule has 2 aromatic carbocycles. The second-order valence-corrected chi connectivity index (χ2v) is 8.10. The molecule has 1 atom stereocenters. The van der Waals surface area contributed by atoms with Gasteiger partial charge < -0.3 is 14.3 Å². The van der Waals surface area contributed by atoms with Crippen molar-refractivity contribution in [2.75, 3.05) is 0 Å². The van der Waals surface area contributed by atoms with E-state index in [4.69, 9.17) is 9.15 Å². The first-order chi connectivity index (χ1) is 13.6. The smallest absolute Gasteiger partial charge is 0.140 e. The summed E-state index contributed by atoms with van der Waals surface area (Å²) in [4.78, 5) is 0. The number of rotatable bonds is 6. The number of hydrogen-bond acceptors (Lipinski definition) is 3. The minimum atomic E-state index is -0.880. The molecule has 0 saturated heterocycles. The van der Waals surface area contributed by atoms with Gasteiger partial charge in [-0.2, -0.15) is 0 Å². The molecule has 3 aromatic rings. The SMILES string of the molecule is CCC(O)(c1oc2ccc(OCc3ccccc3)cc2c1C)C1CCCCC1. The van der Waals surface area contributed by atoms with E-state index in [2.05, 4.69) is 26.0 Å². The van der Waals surface area contributed by atoms with Crippen LogP contribution in [-0.4, -0.2) is 5.11 Å². The minimum Gasteiger partial charge on any atom is -0.489 e. The van der Waals surface area contributed by atoms with Gasteiger partial charge in [0.2, 0.25) is 0 Å². The van der Waals surface area contributed by atoms with Crippen LogP contribution in [0.3, 0.4) is 0 Å². The maximum absolute atomic E-state index is 11.6. The Balaban J connectivity index is 1.62. The predicted molar refractivity (Wildman–Crippen MR) is 112 cm³/mol. The first-order valence-electron chi connectivity index (χ1n) is 10.5. The third-order valence-electron chi connectivity index (χ3n) is 6.37. The van der Waals surface area contributed by atoms with Gasteiger partial charge in [0.15, 0.2) is 0 Å². The van der Waals surface area contributed by atoms with Gasteiger partial charge >= 0.3 is 0 Å². The first kappa shape index (κ1) is 19.1. The van der Waals surface area contributed by atoms with Crippen molar-refractivity contribution in [3.05, 3.63) is 65.4 Å². The second-order valence-electron chi connectivity index (χ2n) is 8.10. The summed E-state index contributed by atoms with van der Waals surface area (Å²) in [6.45, 7) is 4.66. The molecule has 0 radical (unpaired) electrons. The molecule has 28 heavy (non-hydrogen) atoms. The zero-order valence-electron chi connectivity index (χ0n) is 16.9. The second kappa shape index (κ2) is 8.00. The van der Waals surface area contributed by atoms with Crippen molar-refractivity contribution < 1.29 is 14.3 Å². The number of aryl methyl sites for hydroxylation is 1. The van der Waals surface area contributed by atoms with Gasteiger partial charge in [0.25, 0.3) is 0 Å². The van der Waals surface area contributed by atoms with Crippen molar-refractivity contribution in [1.82, 2.24) is 0 Å². The van der Waals surface area contributed by atoms with Gasteiger partial charge in [-0.1, -0.05) is 56.5 Å². The average molecular weight is 379 g/mol. The summed E-state index contributed by atoms with van der Waals surface area (Å²) < 4.78 is 12.2. The van der Waals surface area contributed by atoms with Crippen LogP contribution in [0.2, 0.25) is 0 Å². The Morgan fingerprint density at radius 2 is 1.82 bits per heavy atom. The Hall–Kier alpha value is -2.26. The number of hydrogen-bond donors (Lipinski definition) is 1. The molecule has 0 amide bonds. The van der Waals surface area contributed by atoms with Gasteiger partial charge in [-0.25, -0.2) is 0 Å². The van der Waals surface area contributed by atoms with Crippen LogP contribution in [0.5, 0.6) is 5.75 Å². The molecule has 1 aliphatic rings. The lowest BCUT2D eigenvalue weighted by molar-refractivity contribution is -0.0584. The third kappa shape index (κ3) is 3.56. The quantitative estimate of drug-likeness (QED) is 0.532. The molecule has 1 aromatic heterocycles. The molecule has 1 heterocycles. The van der Waals surface area contributed by atoms with E-state index in [0.29, 0.717) is 13.0 Å². The van der Waals surface area contributed by atoms with Gasteiger partial charge in [0.1, 0.15) is 29.3 Å². The van der Waals surface area contributed by atoms with Crippen molar-refractivity contribution in [2.45, 2.75) is 64.6 Å². The molecule has 0 spiro atoms. The van der Waals surface area contributed by atoms with Crippen LogP contribution in [0.4, 0.5) is 0 Å². The standard InChI is InChI=1S/C25H30O3/c1-3-25(26,20-12-8-5-9-13-20)24-18(2)22-16-21(14-15-23(22)28-24)27-17-19-10-6-4-7-11-19/h4,6-7,10-11,14-16,20,26H,3,5,8-9,12-13,17H2,1-2H3. The highest BCUT2D eigenvalue weighted by Crippen LogP contribution is 2.45. The number of furan rings is 1. The van der Waals surface area contributed by atoms with Crippen molar-refractivity contribution in [3.63, 3.8) is 0 Å². The van der Waals surface area contributed by atoms with E-state index in [1.807, 2.05) is 36.4 Å². The molecule has 1 fully saturated rings. The van der Waals surface area contributed by atoms with Gasteiger partial charge in [-0.05, 0) is 55.9 Å². The Bertz CT molecular complexity index is 922. The van der Waals surface area contributed by atoms with Crippen LogP contribution in [0.15, 0.2) is 52.9 Å². The van der Waals surface area contributed by atoms with Crippen LogP contribution >= 0.6 is 0 Å². The van der Waals surface area contributed by atoms with E-state index >= 15 is 0 Å². The maximum Gasteiger partial charge on any atom is 0.140 e. The van der Waals surface area contributed by atoms with E-state index in [9.17, 15) is 5.11 Å². The molecule has 148 valence electrons. The Labute approximate surface area is 167 Å². The zero-order chi connectivity index (χ0) is 19.6. The molecule has 3 heteroatoms.